The lowest BCUT2D eigenvalue weighted by Crippen LogP contribution is -2.50. The van der Waals surface area contributed by atoms with E-state index in [1.807, 2.05) is 0 Å². The van der Waals surface area contributed by atoms with Crippen molar-refractivity contribution in [3.8, 4) is 0 Å². The largest absolute Gasteiger partial charge is 0.401 e. The summed E-state index contributed by atoms with van der Waals surface area (Å²) in [7, 11) is 0. The standard InChI is InChI=1S/C11H21F3N2/c1-10(2,3)8-15-4-6-16(7-5-15)9-11(12,13)14/h4-9H2,1-3H3. The fraction of sp³-hybridized carbons (Fsp3) is 1.00. The van der Waals surface area contributed by atoms with Gasteiger partial charge in [0, 0.05) is 32.7 Å². The molecule has 1 fully saturated rings. The van der Waals surface area contributed by atoms with Gasteiger partial charge >= 0.3 is 6.18 Å². The lowest BCUT2D eigenvalue weighted by molar-refractivity contribution is -0.149. The third-order valence-electron chi connectivity index (χ3n) is 2.57. The van der Waals surface area contributed by atoms with Gasteiger partial charge in [0.15, 0.2) is 0 Å². The summed E-state index contributed by atoms with van der Waals surface area (Å²) in [6, 6.07) is 0. The van der Waals surface area contributed by atoms with E-state index in [9.17, 15) is 13.2 Å². The molecular formula is C11H21F3N2. The van der Waals surface area contributed by atoms with Gasteiger partial charge in [0.25, 0.3) is 0 Å². The van der Waals surface area contributed by atoms with E-state index in [4.69, 9.17) is 0 Å². The molecule has 0 atom stereocenters. The first-order chi connectivity index (χ1) is 7.16. The molecule has 0 unspecified atom stereocenters. The second-order valence-electron chi connectivity index (χ2n) is 5.73. The Morgan fingerprint density at radius 3 is 1.50 bits per heavy atom. The summed E-state index contributed by atoms with van der Waals surface area (Å²) < 4.78 is 36.5. The number of hydrogen-bond acceptors (Lipinski definition) is 2. The predicted octanol–water partition coefficient (Wildman–Crippen LogP) is 2.21. The molecule has 0 N–H and O–H groups in total. The molecule has 0 bridgehead atoms. The van der Waals surface area contributed by atoms with E-state index in [1.54, 1.807) is 0 Å². The van der Waals surface area contributed by atoms with Gasteiger partial charge in [-0.25, -0.2) is 0 Å². The molecule has 1 saturated heterocycles. The van der Waals surface area contributed by atoms with Crippen LogP contribution in [-0.4, -0.2) is 55.2 Å². The molecule has 16 heavy (non-hydrogen) atoms. The second kappa shape index (κ2) is 4.92. The number of hydrogen-bond donors (Lipinski definition) is 0. The molecule has 0 radical (unpaired) electrons. The first-order valence-electron chi connectivity index (χ1n) is 5.67. The molecule has 0 aromatic carbocycles. The normalized spacial score (nSPS) is 21.4. The molecule has 0 aromatic rings. The van der Waals surface area contributed by atoms with Gasteiger partial charge in [0.05, 0.1) is 6.54 Å². The van der Waals surface area contributed by atoms with Crippen LogP contribution in [0.4, 0.5) is 13.2 Å². The molecular weight excluding hydrogens is 217 g/mol. The minimum absolute atomic E-state index is 0.214. The summed E-state index contributed by atoms with van der Waals surface area (Å²) in [5, 5.41) is 0. The molecule has 96 valence electrons. The summed E-state index contributed by atoms with van der Waals surface area (Å²) in [6.45, 7) is 9.16. The maximum Gasteiger partial charge on any atom is 0.401 e. The van der Waals surface area contributed by atoms with Gasteiger partial charge in [-0.3, -0.25) is 4.90 Å². The van der Waals surface area contributed by atoms with E-state index in [2.05, 4.69) is 25.7 Å². The molecule has 5 heteroatoms. The van der Waals surface area contributed by atoms with Crippen LogP contribution < -0.4 is 0 Å². The van der Waals surface area contributed by atoms with E-state index >= 15 is 0 Å². The molecule has 1 heterocycles. The van der Waals surface area contributed by atoms with E-state index in [-0.39, 0.29) is 5.41 Å². The summed E-state index contributed by atoms with van der Waals surface area (Å²) in [5.41, 5.74) is 0.214. The highest BCUT2D eigenvalue weighted by Gasteiger charge is 2.32. The van der Waals surface area contributed by atoms with Crippen LogP contribution in [0, 0.1) is 5.41 Å². The van der Waals surface area contributed by atoms with E-state index < -0.39 is 12.7 Å². The minimum Gasteiger partial charge on any atom is -0.300 e. The highest BCUT2D eigenvalue weighted by molar-refractivity contribution is 4.77. The SMILES string of the molecule is CC(C)(C)CN1CCN(CC(F)(F)F)CC1. The van der Waals surface area contributed by atoms with E-state index in [0.717, 1.165) is 19.6 Å². The van der Waals surface area contributed by atoms with Gasteiger partial charge in [-0.1, -0.05) is 20.8 Å². The summed E-state index contributed by atoms with van der Waals surface area (Å²) in [5.74, 6) is 0. The van der Waals surface area contributed by atoms with Gasteiger partial charge in [0.2, 0.25) is 0 Å². The van der Waals surface area contributed by atoms with Gasteiger partial charge < -0.3 is 4.90 Å². The molecule has 1 aliphatic rings. The monoisotopic (exact) mass is 238 g/mol. The van der Waals surface area contributed by atoms with Crippen molar-refractivity contribution in [1.29, 1.82) is 0 Å². The number of nitrogens with zero attached hydrogens (tertiary/aromatic N) is 2. The Balaban J connectivity index is 2.29. The predicted molar refractivity (Wildman–Crippen MR) is 58.4 cm³/mol. The highest BCUT2D eigenvalue weighted by Crippen LogP contribution is 2.19. The smallest absolute Gasteiger partial charge is 0.300 e. The number of halogens is 3. The third kappa shape index (κ3) is 5.70. The van der Waals surface area contributed by atoms with Crippen molar-refractivity contribution in [2.45, 2.75) is 26.9 Å². The zero-order chi connectivity index (χ0) is 12.4. The average molecular weight is 238 g/mol. The molecule has 0 saturated carbocycles. The second-order valence-corrected chi connectivity index (χ2v) is 5.73. The number of rotatable bonds is 2. The third-order valence-corrected chi connectivity index (χ3v) is 2.57. The van der Waals surface area contributed by atoms with Crippen molar-refractivity contribution < 1.29 is 13.2 Å². The van der Waals surface area contributed by atoms with Crippen LogP contribution in [0.5, 0.6) is 0 Å². The van der Waals surface area contributed by atoms with Crippen LogP contribution in [0.1, 0.15) is 20.8 Å². The number of alkyl halides is 3. The zero-order valence-corrected chi connectivity index (χ0v) is 10.3. The Morgan fingerprint density at radius 1 is 0.812 bits per heavy atom. The summed E-state index contributed by atoms with van der Waals surface area (Å²) >= 11 is 0. The first kappa shape index (κ1) is 13.8. The zero-order valence-electron chi connectivity index (χ0n) is 10.3. The Labute approximate surface area is 95.4 Å². The van der Waals surface area contributed by atoms with Crippen LogP contribution in [0.15, 0.2) is 0 Å². The van der Waals surface area contributed by atoms with E-state index in [0.29, 0.717) is 13.1 Å². The Kier molecular flexibility index (Phi) is 4.23. The molecule has 1 rings (SSSR count). The lowest BCUT2D eigenvalue weighted by atomic mass is 9.96. The van der Waals surface area contributed by atoms with Crippen molar-refractivity contribution in [2.75, 3.05) is 39.3 Å². The fourth-order valence-corrected chi connectivity index (χ4v) is 2.03. The van der Waals surface area contributed by atoms with Crippen LogP contribution in [0.3, 0.4) is 0 Å². The lowest BCUT2D eigenvalue weighted by Gasteiger charge is -2.37. The Bertz CT molecular complexity index is 188. The molecule has 0 aromatic heterocycles. The molecule has 0 aliphatic carbocycles. The van der Waals surface area contributed by atoms with Crippen molar-refractivity contribution in [3.05, 3.63) is 0 Å². The highest BCUT2D eigenvalue weighted by atomic mass is 19.4. The summed E-state index contributed by atoms with van der Waals surface area (Å²) in [4.78, 5) is 3.73. The van der Waals surface area contributed by atoms with Gasteiger partial charge in [-0.2, -0.15) is 13.2 Å². The number of piperazine rings is 1. The Hall–Kier alpha value is -0.290. The quantitative estimate of drug-likeness (QED) is 0.727. The molecule has 2 nitrogen and oxygen atoms in total. The maximum atomic E-state index is 12.2. The van der Waals surface area contributed by atoms with E-state index in [1.165, 1.54) is 4.90 Å². The minimum atomic E-state index is -4.06. The van der Waals surface area contributed by atoms with Crippen molar-refractivity contribution >= 4 is 0 Å². The molecule has 0 amide bonds. The average Bonchev–Trinajstić information content (AvgIpc) is 2.03. The maximum absolute atomic E-state index is 12.2. The van der Waals surface area contributed by atoms with Crippen molar-refractivity contribution in [1.82, 2.24) is 9.80 Å². The van der Waals surface area contributed by atoms with Gasteiger partial charge in [-0.05, 0) is 5.41 Å². The van der Waals surface area contributed by atoms with Crippen LogP contribution in [0.2, 0.25) is 0 Å². The van der Waals surface area contributed by atoms with Gasteiger partial charge in [-0.15, -0.1) is 0 Å². The van der Waals surface area contributed by atoms with Gasteiger partial charge in [0.1, 0.15) is 0 Å². The summed E-state index contributed by atoms with van der Waals surface area (Å²) in [6.07, 6.45) is -4.06. The van der Waals surface area contributed by atoms with Crippen molar-refractivity contribution in [3.63, 3.8) is 0 Å². The van der Waals surface area contributed by atoms with Crippen molar-refractivity contribution in [2.24, 2.45) is 5.41 Å². The molecule has 0 spiro atoms. The molecule has 1 aliphatic heterocycles. The fourth-order valence-electron chi connectivity index (χ4n) is 2.03. The van der Waals surface area contributed by atoms with Crippen LogP contribution in [-0.2, 0) is 0 Å². The first-order valence-corrected chi connectivity index (χ1v) is 5.67. The van der Waals surface area contributed by atoms with Crippen LogP contribution >= 0.6 is 0 Å². The topological polar surface area (TPSA) is 6.48 Å². The Morgan fingerprint density at radius 2 is 1.19 bits per heavy atom. The van der Waals surface area contributed by atoms with Crippen LogP contribution in [0.25, 0.3) is 0 Å².